The smallest absolute Gasteiger partial charge is 0.229 e. The van der Waals surface area contributed by atoms with Crippen LogP contribution < -0.4 is 9.47 Å². The number of thiazole rings is 1. The minimum Gasteiger partial charge on any atom is -0.497 e. The second-order valence-corrected chi connectivity index (χ2v) is 6.91. The van der Waals surface area contributed by atoms with Crippen LogP contribution >= 0.6 is 11.3 Å². The molecule has 1 aliphatic rings. The minimum atomic E-state index is -0.153. The van der Waals surface area contributed by atoms with Gasteiger partial charge in [-0.25, -0.2) is 4.98 Å². The number of hydrogen-bond acceptors (Lipinski definition) is 5. The topological polar surface area (TPSA) is 51.7 Å². The van der Waals surface area contributed by atoms with E-state index in [0.717, 1.165) is 34.2 Å². The number of aromatic nitrogens is 1. The minimum absolute atomic E-state index is 0.0996. The number of nitrogens with zero attached hydrogens (tertiary/aromatic N) is 2. The van der Waals surface area contributed by atoms with Crippen molar-refractivity contribution in [2.75, 3.05) is 20.8 Å². The fourth-order valence-corrected chi connectivity index (χ4v) is 3.59. The molecule has 24 heavy (non-hydrogen) atoms. The molecule has 0 saturated heterocycles. The number of aryl methyl sites for hydroxylation is 1. The van der Waals surface area contributed by atoms with E-state index in [1.165, 1.54) is 0 Å². The van der Waals surface area contributed by atoms with Crippen molar-refractivity contribution in [2.45, 2.75) is 26.3 Å². The second-order valence-electron chi connectivity index (χ2n) is 5.97. The molecule has 0 saturated carbocycles. The van der Waals surface area contributed by atoms with Gasteiger partial charge in [0, 0.05) is 18.5 Å². The van der Waals surface area contributed by atoms with Gasteiger partial charge < -0.3 is 14.4 Å². The average Bonchev–Trinajstić information content (AvgIpc) is 3.07. The molecule has 0 radical (unpaired) electrons. The van der Waals surface area contributed by atoms with Crippen molar-refractivity contribution in [3.8, 4) is 11.5 Å². The number of benzene rings is 1. The largest absolute Gasteiger partial charge is 0.497 e. The lowest BCUT2D eigenvalue weighted by molar-refractivity contribution is -0.136. The maximum atomic E-state index is 12.7. The van der Waals surface area contributed by atoms with E-state index in [0.29, 0.717) is 19.6 Å². The number of fused-ring (bicyclic) bond motifs is 1. The normalized spacial score (nSPS) is 16.2. The highest BCUT2D eigenvalue weighted by Crippen LogP contribution is 2.31. The summed E-state index contributed by atoms with van der Waals surface area (Å²) in [5.74, 6) is 1.53. The van der Waals surface area contributed by atoms with Gasteiger partial charge in [-0.1, -0.05) is 13.0 Å². The molecule has 0 unspecified atom stereocenters. The monoisotopic (exact) mass is 346 g/mol. The first-order valence-electron chi connectivity index (χ1n) is 8.08. The fourth-order valence-electron chi connectivity index (χ4n) is 2.85. The van der Waals surface area contributed by atoms with E-state index in [4.69, 9.17) is 9.47 Å². The Labute approximate surface area is 146 Å². The number of rotatable bonds is 5. The van der Waals surface area contributed by atoms with E-state index in [9.17, 15) is 4.79 Å². The molecule has 0 fully saturated rings. The Bertz CT molecular complexity index is 729. The molecule has 128 valence electrons. The highest BCUT2D eigenvalue weighted by molar-refractivity contribution is 7.09. The van der Waals surface area contributed by atoms with Crippen molar-refractivity contribution < 1.29 is 14.3 Å². The molecule has 1 aromatic carbocycles. The number of amides is 1. The SMILES string of the molecule is CCc1nc(CN(C)C(=O)[C@H]2COc3cc(OC)ccc3C2)cs1. The molecular weight excluding hydrogens is 324 g/mol. The summed E-state index contributed by atoms with van der Waals surface area (Å²) in [6.45, 7) is 3.03. The van der Waals surface area contributed by atoms with Crippen LogP contribution in [0.1, 0.15) is 23.2 Å². The quantitative estimate of drug-likeness (QED) is 0.835. The van der Waals surface area contributed by atoms with Crippen molar-refractivity contribution in [2.24, 2.45) is 5.92 Å². The molecule has 1 aromatic heterocycles. The lowest BCUT2D eigenvalue weighted by Gasteiger charge is -2.28. The first kappa shape index (κ1) is 16.8. The van der Waals surface area contributed by atoms with Crippen molar-refractivity contribution in [1.82, 2.24) is 9.88 Å². The number of carbonyl (C=O) groups excluding carboxylic acids is 1. The summed E-state index contributed by atoms with van der Waals surface area (Å²) in [5, 5.41) is 3.14. The first-order valence-corrected chi connectivity index (χ1v) is 8.96. The molecule has 0 N–H and O–H groups in total. The third-order valence-electron chi connectivity index (χ3n) is 4.21. The molecule has 2 heterocycles. The molecule has 1 amide bonds. The van der Waals surface area contributed by atoms with Crippen LogP contribution in [0.4, 0.5) is 0 Å². The van der Waals surface area contributed by atoms with E-state index in [2.05, 4.69) is 11.9 Å². The lowest BCUT2D eigenvalue weighted by atomic mass is 9.95. The van der Waals surface area contributed by atoms with E-state index >= 15 is 0 Å². The van der Waals surface area contributed by atoms with Crippen molar-refractivity contribution in [1.29, 1.82) is 0 Å². The van der Waals surface area contributed by atoms with E-state index in [1.807, 2.05) is 30.6 Å². The molecule has 0 aliphatic carbocycles. The Balaban J connectivity index is 1.64. The Morgan fingerprint density at radius 1 is 1.50 bits per heavy atom. The van der Waals surface area contributed by atoms with Crippen LogP contribution in [0.5, 0.6) is 11.5 Å². The second kappa shape index (κ2) is 7.21. The van der Waals surface area contributed by atoms with Crippen molar-refractivity contribution in [3.63, 3.8) is 0 Å². The fraction of sp³-hybridized carbons (Fsp3) is 0.444. The highest BCUT2D eigenvalue weighted by Gasteiger charge is 2.28. The summed E-state index contributed by atoms with van der Waals surface area (Å²) in [7, 11) is 3.46. The van der Waals surface area contributed by atoms with Crippen LogP contribution in [0.2, 0.25) is 0 Å². The number of carbonyl (C=O) groups is 1. The maximum absolute atomic E-state index is 12.7. The van der Waals surface area contributed by atoms with E-state index in [1.54, 1.807) is 23.3 Å². The van der Waals surface area contributed by atoms with Crippen LogP contribution in [-0.2, 0) is 24.2 Å². The third-order valence-corrected chi connectivity index (χ3v) is 5.25. The zero-order valence-electron chi connectivity index (χ0n) is 14.2. The van der Waals surface area contributed by atoms with Gasteiger partial charge in [0.15, 0.2) is 0 Å². The molecule has 6 heteroatoms. The van der Waals surface area contributed by atoms with Gasteiger partial charge in [0.2, 0.25) is 5.91 Å². The van der Waals surface area contributed by atoms with E-state index in [-0.39, 0.29) is 11.8 Å². The van der Waals surface area contributed by atoms with Crippen molar-refractivity contribution in [3.05, 3.63) is 39.8 Å². The van der Waals surface area contributed by atoms with Crippen LogP contribution in [0.25, 0.3) is 0 Å². The van der Waals surface area contributed by atoms with Crippen LogP contribution in [0.15, 0.2) is 23.6 Å². The van der Waals surface area contributed by atoms with Crippen LogP contribution in [0.3, 0.4) is 0 Å². The number of hydrogen-bond donors (Lipinski definition) is 0. The van der Waals surface area contributed by atoms with E-state index < -0.39 is 0 Å². The van der Waals surface area contributed by atoms with Crippen LogP contribution in [0, 0.1) is 5.92 Å². The molecule has 2 aromatic rings. The summed E-state index contributed by atoms with van der Waals surface area (Å²) >= 11 is 1.65. The molecule has 3 rings (SSSR count). The van der Waals surface area contributed by atoms with Gasteiger partial charge >= 0.3 is 0 Å². The maximum Gasteiger partial charge on any atom is 0.229 e. The predicted molar refractivity (Wildman–Crippen MR) is 93.6 cm³/mol. The lowest BCUT2D eigenvalue weighted by Crippen LogP contribution is -2.38. The summed E-state index contributed by atoms with van der Waals surface area (Å²) in [6, 6.07) is 5.75. The number of ether oxygens (including phenoxy) is 2. The van der Waals surface area contributed by atoms with Gasteiger partial charge in [0.25, 0.3) is 0 Å². The van der Waals surface area contributed by atoms with Gasteiger partial charge in [-0.15, -0.1) is 11.3 Å². The van der Waals surface area contributed by atoms with Gasteiger partial charge in [-0.2, -0.15) is 0 Å². The Hall–Kier alpha value is -2.08. The summed E-state index contributed by atoms with van der Waals surface area (Å²) in [5.41, 5.74) is 2.00. The standard InChI is InChI=1S/C18H22N2O3S/c1-4-17-19-14(11-24-17)9-20(2)18(21)13-7-12-5-6-15(22-3)8-16(12)23-10-13/h5-6,8,11,13H,4,7,9-10H2,1-3H3/t13-/m1/s1. The summed E-state index contributed by atoms with van der Waals surface area (Å²) < 4.78 is 11.0. The Morgan fingerprint density at radius 3 is 3.04 bits per heavy atom. The molecular formula is C18H22N2O3S. The zero-order chi connectivity index (χ0) is 17.1. The molecule has 5 nitrogen and oxygen atoms in total. The molecule has 0 spiro atoms. The van der Waals surface area contributed by atoms with Crippen LogP contribution in [-0.4, -0.2) is 36.6 Å². The van der Waals surface area contributed by atoms with Gasteiger partial charge in [-0.3, -0.25) is 4.79 Å². The number of methoxy groups -OCH3 is 1. The zero-order valence-corrected chi connectivity index (χ0v) is 15.1. The van der Waals surface area contributed by atoms with Gasteiger partial charge in [0.1, 0.15) is 18.1 Å². The van der Waals surface area contributed by atoms with Gasteiger partial charge in [-0.05, 0) is 24.5 Å². The highest BCUT2D eigenvalue weighted by atomic mass is 32.1. The molecule has 1 aliphatic heterocycles. The molecule has 1 atom stereocenters. The average molecular weight is 346 g/mol. The Kier molecular flexibility index (Phi) is 5.04. The third kappa shape index (κ3) is 3.53. The Morgan fingerprint density at radius 2 is 2.33 bits per heavy atom. The summed E-state index contributed by atoms with van der Waals surface area (Å²) in [4.78, 5) is 19.0. The van der Waals surface area contributed by atoms with Crippen molar-refractivity contribution >= 4 is 17.2 Å². The predicted octanol–water partition coefficient (Wildman–Crippen LogP) is 2.92. The summed E-state index contributed by atoms with van der Waals surface area (Å²) in [6.07, 6.45) is 1.62. The first-order chi connectivity index (χ1) is 11.6. The van der Waals surface area contributed by atoms with Gasteiger partial charge in [0.05, 0.1) is 30.3 Å². The molecule has 0 bridgehead atoms.